The van der Waals surface area contributed by atoms with Gasteiger partial charge in [0.05, 0.1) is 17.9 Å². The quantitative estimate of drug-likeness (QED) is 0.229. The van der Waals surface area contributed by atoms with E-state index in [0.29, 0.717) is 48.7 Å². The standard InChI is InChI=1S/C27H33F2N3O4/c1-18(14-23(29)15-19(2)28)26(33)31-20(3)8-9-25(30-4)32-12-10-21(11-13-32)17-36-24-7-5-6-22(16-24)27(34)35/h6,8-9,14-16,21H,2,4-5,7,10-13,17H2,1,3H3,(H,31,33)(H,34,35). The molecule has 0 unspecified atom stereocenters. The number of amides is 1. The fraction of sp³-hybridized carbons (Fsp3) is 0.370. The van der Waals surface area contributed by atoms with Gasteiger partial charge in [-0.25, -0.2) is 18.6 Å². The number of halogens is 2. The number of allylic oxidation sites excluding steroid dienone is 9. The molecule has 1 saturated heterocycles. The van der Waals surface area contributed by atoms with Crippen LogP contribution in [0.25, 0.3) is 0 Å². The number of hydrogen-bond donors (Lipinski definition) is 2. The van der Waals surface area contributed by atoms with Crippen LogP contribution < -0.4 is 5.32 Å². The molecule has 0 radical (unpaired) electrons. The van der Waals surface area contributed by atoms with Gasteiger partial charge in [-0.1, -0.05) is 12.7 Å². The average molecular weight is 502 g/mol. The highest BCUT2D eigenvalue weighted by atomic mass is 19.1. The Labute approximate surface area is 210 Å². The lowest BCUT2D eigenvalue weighted by atomic mass is 9.97. The average Bonchev–Trinajstić information content (AvgIpc) is 2.83. The van der Waals surface area contributed by atoms with Gasteiger partial charge in [-0.15, -0.1) is 0 Å². The van der Waals surface area contributed by atoms with Crippen LogP contribution in [-0.4, -0.2) is 48.3 Å². The molecule has 2 aliphatic rings. The van der Waals surface area contributed by atoms with Crippen LogP contribution in [0.15, 0.2) is 88.1 Å². The highest BCUT2D eigenvalue weighted by Crippen LogP contribution is 2.24. The fourth-order valence-electron chi connectivity index (χ4n) is 3.73. The smallest absolute Gasteiger partial charge is 0.335 e. The number of rotatable bonds is 11. The van der Waals surface area contributed by atoms with Crippen molar-refractivity contribution >= 4 is 18.6 Å². The number of aliphatic carboxylic acids is 1. The number of carboxylic acid groups (broad SMARTS) is 1. The van der Waals surface area contributed by atoms with Crippen molar-refractivity contribution in [3.05, 3.63) is 83.1 Å². The summed E-state index contributed by atoms with van der Waals surface area (Å²) in [4.78, 5) is 29.5. The Kier molecular flexibility index (Phi) is 11.1. The van der Waals surface area contributed by atoms with Gasteiger partial charge in [0.2, 0.25) is 0 Å². The zero-order chi connectivity index (χ0) is 26.7. The van der Waals surface area contributed by atoms with Crippen LogP contribution in [0.3, 0.4) is 0 Å². The topological polar surface area (TPSA) is 91.2 Å². The van der Waals surface area contributed by atoms with Crippen LogP contribution in [-0.2, 0) is 14.3 Å². The van der Waals surface area contributed by atoms with E-state index in [0.717, 1.165) is 32.0 Å². The number of hydrogen-bond acceptors (Lipinski definition) is 5. The van der Waals surface area contributed by atoms with Gasteiger partial charge < -0.3 is 20.1 Å². The van der Waals surface area contributed by atoms with Gasteiger partial charge in [-0.3, -0.25) is 4.79 Å². The van der Waals surface area contributed by atoms with Crippen molar-refractivity contribution in [3.8, 4) is 0 Å². The zero-order valence-electron chi connectivity index (χ0n) is 20.7. The molecule has 0 atom stereocenters. The maximum Gasteiger partial charge on any atom is 0.335 e. The molecule has 0 bridgehead atoms. The Morgan fingerprint density at radius 2 is 1.94 bits per heavy atom. The molecule has 0 aromatic heterocycles. The van der Waals surface area contributed by atoms with Crippen LogP contribution >= 0.6 is 0 Å². The molecule has 0 saturated carbocycles. The molecule has 1 fully saturated rings. The third-order valence-electron chi connectivity index (χ3n) is 5.72. The molecule has 1 heterocycles. The molecular weight excluding hydrogens is 468 g/mol. The first-order chi connectivity index (χ1) is 17.1. The van der Waals surface area contributed by atoms with Crippen LogP contribution in [0.2, 0.25) is 0 Å². The summed E-state index contributed by atoms with van der Waals surface area (Å²) in [7, 11) is 0. The number of aliphatic imine (C=N–C) groups is 1. The lowest BCUT2D eigenvalue weighted by Crippen LogP contribution is -2.34. The molecule has 9 heteroatoms. The largest absolute Gasteiger partial charge is 0.498 e. The molecule has 1 aliphatic heterocycles. The molecule has 0 spiro atoms. The van der Waals surface area contributed by atoms with Gasteiger partial charge in [0, 0.05) is 36.9 Å². The second kappa shape index (κ2) is 14.0. The van der Waals surface area contributed by atoms with E-state index < -0.39 is 23.5 Å². The van der Waals surface area contributed by atoms with E-state index in [2.05, 4.69) is 28.5 Å². The van der Waals surface area contributed by atoms with E-state index in [4.69, 9.17) is 9.84 Å². The Morgan fingerprint density at radius 3 is 2.56 bits per heavy atom. The van der Waals surface area contributed by atoms with Crippen molar-refractivity contribution in [1.29, 1.82) is 0 Å². The lowest BCUT2D eigenvalue weighted by Gasteiger charge is -2.33. The summed E-state index contributed by atoms with van der Waals surface area (Å²) in [6.07, 6.45) is 11.4. The molecule has 0 aromatic carbocycles. The Hall–Kier alpha value is -3.75. The normalized spacial score (nSPS) is 18.3. The van der Waals surface area contributed by atoms with Gasteiger partial charge >= 0.3 is 5.97 Å². The number of nitrogens with one attached hydrogen (secondary N) is 1. The summed E-state index contributed by atoms with van der Waals surface area (Å²) >= 11 is 0. The van der Waals surface area contributed by atoms with Crippen LogP contribution in [0.4, 0.5) is 8.78 Å². The first-order valence-electron chi connectivity index (χ1n) is 11.7. The summed E-state index contributed by atoms with van der Waals surface area (Å²) < 4.78 is 32.1. The van der Waals surface area contributed by atoms with Crippen molar-refractivity contribution in [3.63, 3.8) is 0 Å². The predicted molar refractivity (Wildman–Crippen MR) is 136 cm³/mol. The number of carboxylic acids is 1. The van der Waals surface area contributed by atoms with Crippen molar-refractivity contribution in [2.45, 2.75) is 39.5 Å². The number of carbonyl (C=O) groups is 2. The third kappa shape index (κ3) is 9.48. The Balaban J connectivity index is 1.87. The zero-order valence-corrected chi connectivity index (χ0v) is 20.7. The number of carbonyl (C=O) groups excluding carboxylic acids is 1. The first-order valence-corrected chi connectivity index (χ1v) is 11.7. The molecule has 1 amide bonds. The molecule has 0 aromatic rings. The highest BCUT2D eigenvalue weighted by Gasteiger charge is 2.22. The molecular formula is C27H33F2N3O4. The molecule has 194 valence electrons. The van der Waals surface area contributed by atoms with Crippen molar-refractivity contribution in [2.75, 3.05) is 19.7 Å². The summed E-state index contributed by atoms with van der Waals surface area (Å²) in [5.41, 5.74) is 0.870. The van der Waals surface area contributed by atoms with Gasteiger partial charge in [0.25, 0.3) is 5.91 Å². The van der Waals surface area contributed by atoms with E-state index in [9.17, 15) is 18.4 Å². The molecule has 36 heavy (non-hydrogen) atoms. The molecule has 2 rings (SSSR count). The number of ether oxygens (including phenoxy) is 1. The lowest BCUT2D eigenvalue weighted by molar-refractivity contribution is -0.132. The Morgan fingerprint density at radius 1 is 1.25 bits per heavy atom. The van der Waals surface area contributed by atoms with Crippen LogP contribution in [0.1, 0.15) is 39.5 Å². The maximum absolute atomic E-state index is 13.5. The summed E-state index contributed by atoms with van der Waals surface area (Å²) in [6, 6.07) is 0. The molecule has 2 N–H and O–H groups in total. The SMILES string of the molecule is C=NC(=CC=C(C)NC(=O)C(C)=CC(F)=CC(=C)F)N1CCC(COC2=CC(C(=O)O)=CCC2)CC1. The third-order valence-corrected chi connectivity index (χ3v) is 5.72. The fourth-order valence-corrected chi connectivity index (χ4v) is 3.73. The first kappa shape index (κ1) is 28.5. The number of piperidine rings is 1. The minimum Gasteiger partial charge on any atom is -0.498 e. The van der Waals surface area contributed by atoms with Crippen LogP contribution in [0.5, 0.6) is 0 Å². The van der Waals surface area contributed by atoms with E-state index in [1.54, 1.807) is 31.2 Å². The second-order valence-electron chi connectivity index (χ2n) is 8.65. The van der Waals surface area contributed by atoms with E-state index >= 15 is 0 Å². The van der Waals surface area contributed by atoms with Gasteiger partial charge in [-0.05, 0) is 70.0 Å². The highest BCUT2D eigenvalue weighted by molar-refractivity contribution is 5.94. The van der Waals surface area contributed by atoms with Crippen LogP contribution in [0, 0.1) is 5.92 Å². The summed E-state index contributed by atoms with van der Waals surface area (Å²) in [5.74, 6) is -1.57. The number of likely N-dealkylation sites (tertiary alicyclic amines) is 1. The maximum atomic E-state index is 13.5. The van der Waals surface area contributed by atoms with Gasteiger partial charge in [0.15, 0.2) is 0 Å². The number of nitrogens with zero attached hydrogens (tertiary/aromatic N) is 2. The minimum absolute atomic E-state index is 0.0762. The summed E-state index contributed by atoms with van der Waals surface area (Å²) in [5, 5.41) is 11.8. The predicted octanol–water partition coefficient (Wildman–Crippen LogP) is 5.25. The molecule has 1 aliphatic carbocycles. The van der Waals surface area contributed by atoms with E-state index in [-0.39, 0.29) is 11.1 Å². The van der Waals surface area contributed by atoms with Gasteiger partial charge in [0.1, 0.15) is 17.5 Å². The second-order valence-corrected chi connectivity index (χ2v) is 8.65. The van der Waals surface area contributed by atoms with Crippen molar-refractivity contribution in [1.82, 2.24) is 10.2 Å². The monoisotopic (exact) mass is 501 g/mol. The summed E-state index contributed by atoms with van der Waals surface area (Å²) in [6.45, 7) is 11.7. The molecule has 7 nitrogen and oxygen atoms in total. The minimum atomic E-state index is -0.943. The van der Waals surface area contributed by atoms with E-state index in [1.165, 1.54) is 6.92 Å². The van der Waals surface area contributed by atoms with Gasteiger partial charge in [-0.2, -0.15) is 0 Å². The van der Waals surface area contributed by atoms with Crippen molar-refractivity contribution in [2.24, 2.45) is 10.9 Å². The Bertz CT molecular complexity index is 1060. The van der Waals surface area contributed by atoms with Crippen molar-refractivity contribution < 1.29 is 28.2 Å². The van der Waals surface area contributed by atoms with E-state index in [1.807, 2.05) is 0 Å².